The van der Waals surface area contributed by atoms with Gasteiger partial charge in [0.1, 0.15) is 29.1 Å². The Labute approximate surface area is 509 Å². The van der Waals surface area contributed by atoms with E-state index in [1.165, 1.54) is 53.2 Å². The molecule has 13 aromatic rings. The molecule has 0 saturated carbocycles. The van der Waals surface area contributed by atoms with Crippen LogP contribution in [0.1, 0.15) is 34.2 Å². The third-order valence-corrected chi connectivity index (χ3v) is 17.1. The van der Waals surface area contributed by atoms with E-state index in [1.54, 1.807) is 109 Å². The smallest absolute Gasteiger partial charge is 0.238 e. The minimum absolute atomic E-state index is 0.0509. The normalized spacial score (nSPS) is 12.1. The highest BCUT2D eigenvalue weighted by Gasteiger charge is 2.18. The minimum atomic E-state index is -3.85. The summed E-state index contributed by atoms with van der Waals surface area (Å²) in [5, 5.41) is 18.5. The van der Waals surface area contributed by atoms with Gasteiger partial charge in [-0.05, 0) is 147 Å². The van der Waals surface area contributed by atoms with Crippen LogP contribution >= 0.6 is 11.6 Å². The summed E-state index contributed by atoms with van der Waals surface area (Å²) in [4.78, 5) is 23.5. The first-order valence-electron chi connectivity index (χ1n) is 26.8. The number of rotatable bonds is 12. The number of aromatic amines is 3. The number of sulfonamides is 3. The zero-order valence-electron chi connectivity index (χ0n) is 46.1. The zero-order valence-corrected chi connectivity index (χ0v) is 49.3. The van der Waals surface area contributed by atoms with Crippen LogP contribution in [0.4, 0.5) is 8.78 Å². The first-order valence-corrected chi connectivity index (χ1v) is 31.8. The number of hydrogen-bond acceptors (Lipinski definition) is 9. The Hall–Kier alpha value is -10.0. The Morgan fingerprint density at radius 1 is 0.364 bits per heavy atom. The second kappa shape index (κ2) is 25.1. The summed E-state index contributed by atoms with van der Waals surface area (Å²) in [7, 11) is -11.5. The molecule has 10 aromatic carbocycles. The lowest BCUT2D eigenvalue weighted by Crippen LogP contribution is -2.13. The van der Waals surface area contributed by atoms with Crippen molar-refractivity contribution >= 4 is 122 Å². The van der Waals surface area contributed by atoms with Crippen molar-refractivity contribution in [3.8, 4) is 33.4 Å². The average molecular weight is 1250 g/mol. The maximum atomic E-state index is 13.3. The van der Waals surface area contributed by atoms with Crippen molar-refractivity contribution in [1.82, 2.24) is 29.9 Å². The average Bonchev–Trinajstić information content (AvgIpc) is 1.72. The second-order valence-corrected chi connectivity index (χ2v) is 25.0. The summed E-state index contributed by atoms with van der Waals surface area (Å²) >= 11 is 5.80. The van der Waals surface area contributed by atoms with Gasteiger partial charge in [-0.15, -0.1) is 0 Å². The number of imidazole rings is 3. The molecule has 3 heterocycles. The van der Waals surface area contributed by atoms with Crippen LogP contribution in [0.3, 0.4) is 0 Å². The van der Waals surface area contributed by atoms with Crippen molar-refractivity contribution in [2.75, 3.05) is 0 Å². The van der Waals surface area contributed by atoms with Gasteiger partial charge in [0, 0.05) is 16.7 Å². The van der Waals surface area contributed by atoms with Crippen LogP contribution < -0.4 is 15.4 Å². The molecule has 0 fully saturated rings. The van der Waals surface area contributed by atoms with E-state index in [-0.39, 0.29) is 25.5 Å². The van der Waals surface area contributed by atoms with Gasteiger partial charge in [0.15, 0.2) is 0 Å². The van der Waals surface area contributed by atoms with E-state index < -0.39 is 35.9 Å². The number of nitrogens with zero attached hydrogens (tertiary/aromatic N) is 3. The number of nitrogens with one attached hydrogen (secondary N) is 3. The monoisotopic (exact) mass is 1250 g/mol. The zero-order chi connectivity index (χ0) is 61.7. The summed E-state index contributed by atoms with van der Waals surface area (Å²) in [6, 6.07) is 61.5. The SMILES string of the molecule is NS(=O)(=O)c1ccccc1-c1ccc2nc(/C=C/c3ccc(F)c(Cl)c3)[nH]c2c1.NS(=O)(=O)c1ccccc1-c1ccc2nc(/C=C/c3ccc(F)cc3)[nH]c2c1.NS(=O)(=O)c1ccccc1-c1ccc2nc(/C=C/c3ccc4ccccc4c3)[nH]c2c1. The highest BCUT2D eigenvalue weighted by Crippen LogP contribution is 2.33. The topological polar surface area (TPSA) is 267 Å². The molecule has 0 aliphatic heterocycles. The predicted molar refractivity (Wildman–Crippen MR) is 347 cm³/mol. The molecule has 438 valence electrons. The third kappa shape index (κ3) is 14.1. The molecule has 0 radical (unpaired) electrons. The summed E-state index contributed by atoms with van der Waals surface area (Å²) in [6.45, 7) is 0. The minimum Gasteiger partial charge on any atom is -0.338 e. The van der Waals surface area contributed by atoms with Gasteiger partial charge < -0.3 is 15.0 Å². The van der Waals surface area contributed by atoms with Crippen LogP contribution in [0.5, 0.6) is 0 Å². The molecular formula is C67H50ClF2N9O6S3. The number of halogens is 3. The van der Waals surface area contributed by atoms with E-state index in [0.717, 1.165) is 66.7 Å². The maximum Gasteiger partial charge on any atom is 0.238 e. The van der Waals surface area contributed by atoms with Gasteiger partial charge in [-0.1, -0.05) is 157 Å². The van der Waals surface area contributed by atoms with E-state index in [2.05, 4.69) is 60.2 Å². The molecule has 21 heteroatoms. The Bertz CT molecular complexity index is 5260. The molecule has 0 saturated heterocycles. The van der Waals surface area contributed by atoms with Crippen molar-refractivity contribution < 1.29 is 34.0 Å². The lowest BCUT2D eigenvalue weighted by molar-refractivity contribution is 0.596. The van der Waals surface area contributed by atoms with E-state index in [1.807, 2.05) is 66.8 Å². The van der Waals surface area contributed by atoms with Crippen molar-refractivity contribution in [3.63, 3.8) is 0 Å². The quantitative estimate of drug-likeness (QED) is 0.0678. The van der Waals surface area contributed by atoms with E-state index >= 15 is 0 Å². The number of primary sulfonamides is 3. The van der Waals surface area contributed by atoms with Gasteiger partial charge >= 0.3 is 0 Å². The van der Waals surface area contributed by atoms with Crippen LogP contribution in [0.2, 0.25) is 5.02 Å². The van der Waals surface area contributed by atoms with Gasteiger partial charge in [-0.2, -0.15) is 0 Å². The van der Waals surface area contributed by atoms with Gasteiger partial charge in [0.25, 0.3) is 0 Å². The van der Waals surface area contributed by atoms with Gasteiger partial charge in [0.05, 0.1) is 52.8 Å². The Balaban J connectivity index is 0.000000137. The maximum absolute atomic E-state index is 13.3. The Morgan fingerprint density at radius 2 is 0.716 bits per heavy atom. The van der Waals surface area contributed by atoms with Crippen LogP contribution in [-0.2, 0) is 30.1 Å². The van der Waals surface area contributed by atoms with Gasteiger partial charge in [0.2, 0.25) is 30.1 Å². The van der Waals surface area contributed by atoms with Crippen molar-refractivity contribution in [3.05, 3.63) is 263 Å². The van der Waals surface area contributed by atoms with Crippen LogP contribution in [0.25, 0.3) is 114 Å². The summed E-state index contributed by atoms with van der Waals surface area (Å²) in [6.07, 6.45) is 11.1. The molecular weight excluding hydrogens is 1200 g/mol. The number of fused-ring (bicyclic) bond motifs is 4. The van der Waals surface area contributed by atoms with E-state index in [0.29, 0.717) is 33.9 Å². The standard InChI is InChI=1S/C25H19N3O2S.C21H15ClFN3O2S.C21H16FN3O2S/c26-31(29,30)24-8-4-3-7-21(24)20-12-13-22-23(16-20)28-25(27-22)14-10-17-9-11-18-5-1-2-6-19(18)15-17;22-16-11-13(5-8-17(16)23)6-10-21-25-18-9-7-14(12-19(18)26-21)15-3-1-2-4-20(15)29(24,27)28;22-16-9-5-14(6-10-16)7-12-21-24-18-11-8-15(13-19(18)25-21)17-3-1-2-4-20(17)28(23,26)27/h1-16H,(H,27,28)(H2,26,29,30);1-12H,(H,25,26)(H2,24,27,28);1-13H,(H,24,25)(H2,23,26,27)/b14-10+;10-6+;12-7+. The van der Waals surface area contributed by atoms with Crippen molar-refractivity contribution in [2.45, 2.75) is 14.7 Å². The number of aromatic nitrogens is 6. The summed E-state index contributed by atoms with van der Waals surface area (Å²) < 4.78 is 97.6. The lowest BCUT2D eigenvalue weighted by atomic mass is 10.1. The first-order chi connectivity index (χ1) is 42.2. The summed E-state index contributed by atoms with van der Waals surface area (Å²) in [5.74, 6) is 1.20. The van der Waals surface area contributed by atoms with Crippen LogP contribution in [-0.4, -0.2) is 55.2 Å². The first kappa shape index (κ1) is 59.7. The number of H-pyrrole nitrogens is 3. The predicted octanol–water partition coefficient (Wildman–Crippen LogP) is 14.2. The van der Waals surface area contributed by atoms with Crippen molar-refractivity contribution in [2.24, 2.45) is 15.4 Å². The molecule has 0 unspecified atom stereocenters. The van der Waals surface area contributed by atoms with Gasteiger partial charge in [-0.25, -0.2) is 64.4 Å². The van der Waals surface area contributed by atoms with Crippen molar-refractivity contribution in [1.29, 1.82) is 0 Å². The Morgan fingerprint density at radius 3 is 1.12 bits per heavy atom. The fourth-order valence-electron chi connectivity index (χ4n) is 9.71. The third-order valence-electron chi connectivity index (χ3n) is 13.9. The Kier molecular flexibility index (Phi) is 17.0. The van der Waals surface area contributed by atoms with E-state index in [9.17, 15) is 34.0 Å². The fourth-order valence-corrected chi connectivity index (χ4v) is 12.2. The fraction of sp³-hybridized carbons (Fsp3) is 0. The molecule has 0 aliphatic carbocycles. The number of nitrogens with two attached hydrogens (primary N) is 3. The molecule has 0 aliphatic rings. The van der Waals surface area contributed by atoms with Gasteiger partial charge in [-0.3, -0.25) is 0 Å². The van der Waals surface area contributed by atoms with Crippen LogP contribution in [0, 0.1) is 11.6 Å². The number of hydrogen-bond donors (Lipinski definition) is 6. The molecule has 13 rings (SSSR count). The second-order valence-electron chi connectivity index (χ2n) is 20.0. The molecule has 9 N–H and O–H groups in total. The molecule has 88 heavy (non-hydrogen) atoms. The number of benzene rings is 10. The van der Waals surface area contributed by atoms with Crippen LogP contribution in [0.15, 0.2) is 227 Å². The highest BCUT2D eigenvalue weighted by molar-refractivity contribution is 7.89. The highest BCUT2D eigenvalue weighted by atomic mass is 35.5. The molecule has 3 aromatic heterocycles. The lowest BCUT2D eigenvalue weighted by Gasteiger charge is -2.07. The molecule has 15 nitrogen and oxygen atoms in total. The largest absolute Gasteiger partial charge is 0.338 e. The van der Waals surface area contributed by atoms with E-state index in [4.69, 9.17) is 27.0 Å². The molecule has 0 bridgehead atoms. The molecule has 0 atom stereocenters. The molecule has 0 amide bonds. The summed E-state index contributed by atoms with van der Waals surface area (Å²) in [5.41, 5.74) is 11.1. The molecule has 0 spiro atoms.